The first-order chi connectivity index (χ1) is 15.7. The van der Waals surface area contributed by atoms with Crippen molar-refractivity contribution in [3.8, 4) is 22.3 Å². The van der Waals surface area contributed by atoms with Gasteiger partial charge in [-0.15, -0.1) is 0 Å². The van der Waals surface area contributed by atoms with Crippen molar-refractivity contribution in [3.63, 3.8) is 0 Å². The van der Waals surface area contributed by atoms with E-state index >= 15 is 0 Å². The zero-order chi connectivity index (χ0) is 23.6. The monoisotopic (exact) mass is 469 g/mol. The van der Waals surface area contributed by atoms with Gasteiger partial charge in [-0.2, -0.15) is 18.3 Å². The van der Waals surface area contributed by atoms with E-state index in [0.29, 0.717) is 23.8 Å². The van der Waals surface area contributed by atoms with E-state index in [4.69, 9.17) is 5.73 Å². The van der Waals surface area contributed by atoms with E-state index in [1.165, 1.54) is 23.5 Å². The van der Waals surface area contributed by atoms with Crippen molar-refractivity contribution < 1.29 is 13.2 Å². The molecule has 170 valence electrons. The highest BCUT2D eigenvalue weighted by Crippen LogP contribution is 2.35. The highest BCUT2D eigenvalue weighted by Gasteiger charge is 2.30. The molecule has 0 fully saturated rings. The molecule has 1 atom stereocenters. The first kappa shape index (κ1) is 22.8. The molecule has 0 bridgehead atoms. The van der Waals surface area contributed by atoms with E-state index in [1.54, 1.807) is 6.92 Å². The number of rotatable bonds is 6. The number of hydrogen-bond acceptors (Lipinski definition) is 5. The third-order valence-corrected chi connectivity index (χ3v) is 6.24. The number of hydrogen-bond donors (Lipinski definition) is 3. The summed E-state index contributed by atoms with van der Waals surface area (Å²) in [5.41, 5.74) is 9.87. The molecule has 2 aromatic carbocycles. The van der Waals surface area contributed by atoms with Crippen LogP contribution in [0.2, 0.25) is 0 Å². The van der Waals surface area contributed by atoms with E-state index in [1.807, 2.05) is 19.1 Å². The maximum absolute atomic E-state index is 12.7. The first-order valence-corrected chi connectivity index (χ1v) is 11.1. The number of nitrogens with zero attached hydrogens (tertiary/aromatic N) is 2. The Hall–Kier alpha value is -3.35. The SMILES string of the molecule is CC#Cc1nc(NC[C@@H](N)Cc2ccc(C(F)(F)F)cc2)sc1-c1ccc2[nH]nc(C)c2c1. The molecule has 4 rings (SSSR count). The standard InChI is InChI=1S/C24H22F3N5S/c1-3-4-21-22(16-7-10-20-19(12-16)14(2)31-32-20)33-23(30-21)29-13-18(28)11-15-5-8-17(9-6-15)24(25,26)27/h5-10,12,18H,11,13,28H2,1-2H3,(H,29,30)(H,31,32)/t18-/m0/s1. The van der Waals surface area contributed by atoms with Crippen molar-refractivity contribution in [2.45, 2.75) is 32.5 Å². The molecule has 0 amide bonds. The number of thiazole rings is 1. The molecule has 4 aromatic rings. The van der Waals surface area contributed by atoms with Crippen LogP contribution in [-0.2, 0) is 12.6 Å². The second-order valence-corrected chi connectivity index (χ2v) is 8.68. The number of nitrogens with two attached hydrogens (primary N) is 1. The predicted octanol–water partition coefficient (Wildman–Crippen LogP) is 5.37. The van der Waals surface area contributed by atoms with Crippen LogP contribution < -0.4 is 11.1 Å². The lowest BCUT2D eigenvalue weighted by Gasteiger charge is -2.13. The van der Waals surface area contributed by atoms with Crippen molar-refractivity contribution in [2.75, 3.05) is 11.9 Å². The van der Waals surface area contributed by atoms with Crippen LogP contribution in [0.25, 0.3) is 21.3 Å². The number of anilines is 1. The van der Waals surface area contributed by atoms with Crippen LogP contribution in [-0.4, -0.2) is 27.8 Å². The summed E-state index contributed by atoms with van der Waals surface area (Å²) in [7, 11) is 0. The largest absolute Gasteiger partial charge is 0.416 e. The molecule has 0 saturated carbocycles. The average Bonchev–Trinajstić information content (AvgIpc) is 3.35. The quantitative estimate of drug-likeness (QED) is 0.332. The van der Waals surface area contributed by atoms with Crippen LogP contribution in [0.4, 0.5) is 18.3 Å². The normalized spacial score (nSPS) is 12.4. The van der Waals surface area contributed by atoms with Crippen molar-refractivity contribution >= 4 is 27.4 Å². The van der Waals surface area contributed by atoms with Crippen LogP contribution in [0.15, 0.2) is 42.5 Å². The van der Waals surface area contributed by atoms with Crippen molar-refractivity contribution in [1.82, 2.24) is 15.2 Å². The van der Waals surface area contributed by atoms with E-state index in [2.05, 4.69) is 38.4 Å². The van der Waals surface area contributed by atoms with Gasteiger partial charge in [0.25, 0.3) is 0 Å². The smallest absolute Gasteiger partial charge is 0.360 e. The average molecular weight is 470 g/mol. The fraction of sp³-hybridized carbons (Fsp3) is 0.250. The Balaban J connectivity index is 1.47. The van der Waals surface area contributed by atoms with Gasteiger partial charge in [-0.1, -0.05) is 35.5 Å². The zero-order valence-corrected chi connectivity index (χ0v) is 18.9. The molecule has 0 aliphatic heterocycles. The number of nitrogens with one attached hydrogen (secondary N) is 2. The predicted molar refractivity (Wildman–Crippen MR) is 126 cm³/mol. The van der Waals surface area contributed by atoms with E-state index < -0.39 is 11.7 Å². The summed E-state index contributed by atoms with van der Waals surface area (Å²) in [5.74, 6) is 5.97. The van der Waals surface area contributed by atoms with Gasteiger partial charge in [0.15, 0.2) is 5.13 Å². The summed E-state index contributed by atoms with van der Waals surface area (Å²) in [5, 5.41) is 12.2. The van der Waals surface area contributed by atoms with E-state index in [0.717, 1.165) is 44.7 Å². The van der Waals surface area contributed by atoms with Crippen LogP contribution >= 0.6 is 11.3 Å². The molecule has 33 heavy (non-hydrogen) atoms. The Labute approximate surface area is 193 Å². The Morgan fingerprint density at radius 3 is 2.64 bits per heavy atom. The zero-order valence-electron chi connectivity index (χ0n) is 18.0. The Kier molecular flexibility index (Phi) is 6.40. The second kappa shape index (κ2) is 9.25. The number of benzene rings is 2. The molecule has 2 heterocycles. The Bertz CT molecular complexity index is 1330. The molecule has 0 unspecified atom stereocenters. The number of halogens is 3. The third kappa shape index (κ3) is 5.18. The molecule has 0 aliphatic carbocycles. The van der Waals surface area contributed by atoms with Gasteiger partial charge >= 0.3 is 6.18 Å². The highest BCUT2D eigenvalue weighted by atomic mass is 32.1. The van der Waals surface area contributed by atoms with E-state index in [-0.39, 0.29) is 6.04 Å². The van der Waals surface area contributed by atoms with Gasteiger partial charge in [0.2, 0.25) is 0 Å². The number of alkyl halides is 3. The molecule has 5 nitrogen and oxygen atoms in total. The highest BCUT2D eigenvalue weighted by molar-refractivity contribution is 7.19. The van der Waals surface area contributed by atoms with Crippen LogP contribution in [0, 0.1) is 18.8 Å². The maximum atomic E-state index is 12.7. The lowest BCUT2D eigenvalue weighted by Crippen LogP contribution is -2.31. The second-order valence-electron chi connectivity index (χ2n) is 7.68. The number of fused-ring (bicyclic) bond motifs is 1. The number of aryl methyl sites for hydroxylation is 1. The van der Waals surface area contributed by atoms with Gasteiger partial charge in [-0.05, 0) is 61.6 Å². The van der Waals surface area contributed by atoms with Crippen LogP contribution in [0.5, 0.6) is 0 Å². The number of aromatic nitrogens is 3. The van der Waals surface area contributed by atoms with Gasteiger partial charge in [0.1, 0.15) is 5.69 Å². The van der Waals surface area contributed by atoms with Gasteiger partial charge in [-0.3, -0.25) is 5.10 Å². The Morgan fingerprint density at radius 2 is 1.94 bits per heavy atom. The molecule has 0 aliphatic rings. The molecule has 0 spiro atoms. The molecule has 2 aromatic heterocycles. The van der Waals surface area contributed by atoms with Gasteiger partial charge in [0.05, 0.1) is 21.7 Å². The fourth-order valence-electron chi connectivity index (χ4n) is 3.50. The summed E-state index contributed by atoms with van der Waals surface area (Å²) < 4.78 is 38.2. The molecule has 0 radical (unpaired) electrons. The number of aromatic amines is 1. The van der Waals surface area contributed by atoms with Gasteiger partial charge in [-0.25, -0.2) is 4.98 Å². The van der Waals surface area contributed by atoms with E-state index in [9.17, 15) is 13.2 Å². The van der Waals surface area contributed by atoms with Crippen molar-refractivity contribution in [2.24, 2.45) is 5.73 Å². The minimum atomic E-state index is -4.34. The minimum Gasteiger partial charge on any atom is -0.360 e. The topological polar surface area (TPSA) is 79.6 Å². The lowest BCUT2D eigenvalue weighted by atomic mass is 10.0. The van der Waals surface area contributed by atoms with Gasteiger partial charge < -0.3 is 11.1 Å². The molecule has 9 heteroatoms. The number of H-pyrrole nitrogens is 1. The lowest BCUT2D eigenvalue weighted by molar-refractivity contribution is -0.137. The van der Waals surface area contributed by atoms with Crippen LogP contribution in [0.1, 0.15) is 29.4 Å². The summed E-state index contributed by atoms with van der Waals surface area (Å²) in [4.78, 5) is 5.56. The molecule has 4 N–H and O–H groups in total. The van der Waals surface area contributed by atoms with Crippen LogP contribution in [0.3, 0.4) is 0 Å². The van der Waals surface area contributed by atoms with Crippen molar-refractivity contribution in [1.29, 1.82) is 0 Å². The maximum Gasteiger partial charge on any atom is 0.416 e. The van der Waals surface area contributed by atoms with Gasteiger partial charge in [0, 0.05) is 18.0 Å². The Morgan fingerprint density at radius 1 is 1.18 bits per heavy atom. The molecular weight excluding hydrogens is 447 g/mol. The molecule has 0 saturated heterocycles. The minimum absolute atomic E-state index is 0.292. The third-order valence-electron chi connectivity index (χ3n) is 5.18. The summed E-state index contributed by atoms with van der Waals surface area (Å²) in [6, 6.07) is 10.9. The molecular formula is C24H22F3N5S. The fourth-order valence-corrected chi connectivity index (χ4v) is 4.43. The summed E-state index contributed by atoms with van der Waals surface area (Å²) in [6.07, 6.45) is -3.90. The van der Waals surface area contributed by atoms with Crippen molar-refractivity contribution in [3.05, 3.63) is 65.0 Å². The summed E-state index contributed by atoms with van der Waals surface area (Å²) >= 11 is 1.49. The first-order valence-electron chi connectivity index (χ1n) is 10.3. The summed E-state index contributed by atoms with van der Waals surface area (Å²) in [6.45, 7) is 4.14.